The minimum atomic E-state index is -0.349. The zero-order chi connectivity index (χ0) is 15.5. The van der Waals surface area contributed by atoms with Crippen molar-refractivity contribution in [3.05, 3.63) is 61.0 Å². The fourth-order valence-electron chi connectivity index (χ4n) is 1.62. The molecule has 0 aliphatic rings. The molecule has 4 nitrogen and oxygen atoms in total. The molecule has 0 aromatic heterocycles. The first kappa shape index (κ1) is 18.1. The van der Waals surface area contributed by atoms with Gasteiger partial charge in [-0.15, -0.1) is 0 Å². The molecule has 110 valence electrons. The molecule has 0 radical (unpaired) electrons. The summed E-state index contributed by atoms with van der Waals surface area (Å²) in [5, 5.41) is 8.91. The molecule has 4 heteroatoms. The summed E-state index contributed by atoms with van der Waals surface area (Å²) in [5.41, 5.74) is 7.16. The lowest BCUT2D eigenvalue weighted by atomic mass is 10.1. The van der Waals surface area contributed by atoms with Crippen molar-refractivity contribution in [1.29, 1.82) is 0 Å². The summed E-state index contributed by atoms with van der Waals surface area (Å²) in [7, 11) is 0. The van der Waals surface area contributed by atoms with E-state index in [9.17, 15) is 4.79 Å². The van der Waals surface area contributed by atoms with Crippen LogP contribution in [0.4, 0.5) is 0 Å². The van der Waals surface area contributed by atoms with Gasteiger partial charge in [-0.25, -0.2) is 0 Å². The zero-order valence-corrected chi connectivity index (χ0v) is 12.2. The number of hydrogen-bond donors (Lipinski definition) is 2. The lowest BCUT2D eigenvalue weighted by Crippen LogP contribution is -2.26. The minimum Gasteiger partial charge on any atom is -0.395 e. The number of nitrogens with zero attached hydrogens (tertiary/aromatic N) is 1. The van der Waals surface area contributed by atoms with Crippen LogP contribution in [0.5, 0.6) is 0 Å². The van der Waals surface area contributed by atoms with Crippen LogP contribution in [-0.4, -0.2) is 28.6 Å². The molecule has 0 aliphatic carbocycles. The maximum atomic E-state index is 12.2. The van der Waals surface area contributed by atoms with E-state index in [0.29, 0.717) is 12.1 Å². The number of aliphatic hydroxyl groups is 1. The number of carbonyl (C=O) groups excluding carboxylic acids is 1. The Morgan fingerprint density at radius 2 is 2.10 bits per heavy atom. The predicted molar refractivity (Wildman–Crippen MR) is 83.6 cm³/mol. The second kappa shape index (κ2) is 9.95. The Bertz CT molecular complexity index is 434. The van der Waals surface area contributed by atoms with Crippen molar-refractivity contribution >= 4 is 5.91 Å². The van der Waals surface area contributed by atoms with Gasteiger partial charge >= 0.3 is 0 Å². The zero-order valence-electron chi connectivity index (χ0n) is 12.2. The van der Waals surface area contributed by atoms with Crippen LogP contribution in [0.25, 0.3) is 0 Å². The van der Waals surface area contributed by atoms with Crippen molar-refractivity contribution in [3.8, 4) is 0 Å². The monoisotopic (exact) mass is 276 g/mol. The van der Waals surface area contributed by atoms with Gasteiger partial charge in [-0.1, -0.05) is 37.0 Å². The van der Waals surface area contributed by atoms with Gasteiger partial charge in [-0.2, -0.15) is 0 Å². The average molecular weight is 276 g/mol. The van der Waals surface area contributed by atoms with Crippen LogP contribution in [0.15, 0.2) is 61.0 Å². The number of allylic oxidation sites excluding steroid dienone is 4. The molecule has 0 spiro atoms. The lowest BCUT2D eigenvalue weighted by Gasteiger charge is -2.18. The normalized spacial score (nSPS) is 14.2. The van der Waals surface area contributed by atoms with E-state index < -0.39 is 0 Å². The van der Waals surface area contributed by atoms with Crippen molar-refractivity contribution in [3.63, 3.8) is 0 Å². The molecular weight excluding hydrogens is 252 g/mol. The van der Waals surface area contributed by atoms with Gasteiger partial charge in [0.05, 0.1) is 6.61 Å². The second-order valence-corrected chi connectivity index (χ2v) is 4.34. The average Bonchev–Trinajstić information content (AvgIpc) is 2.42. The van der Waals surface area contributed by atoms with Gasteiger partial charge < -0.3 is 10.8 Å². The smallest absolute Gasteiger partial charge is 0.254 e. The third-order valence-electron chi connectivity index (χ3n) is 2.59. The standard InChI is InChI=1S/C16H24N2O2/c1-5-8-9-15(6-2)18(7-3)16(20)11-13(4)10-14(17)12-19/h5-9,11,14,19H,1,3,10,12,17H2,2,4H3/b9-8-,13-11+,15-6+. The van der Waals surface area contributed by atoms with Crippen molar-refractivity contribution < 1.29 is 9.90 Å². The number of rotatable bonds is 8. The maximum Gasteiger partial charge on any atom is 0.254 e. The van der Waals surface area contributed by atoms with E-state index in [1.54, 1.807) is 18.2 Å². The second-order valence-electron chi connectivity index (χ2n) is 4.34. The molecule has 0 rings (SSSR count). The Hall–Kier alpha value is -1.91. The van der Waals surface area contributed by atoms with Crippen LogP contribution in [0.2, 0.25) is 0 Å². The number of nitrogens with two attached hydrogens (primary N) is 1. The van der Waals surface area contributed by atoms with E-state index in [-0.39, 0.29) is 18.6 Å². The van der Waals surface area contributed by atoms with Crippen LogP contribution in [0, 0.1) is 0 Å². The summed E-state index contributed by atoms with van der Waals surface area (Å²) in [6, 6.07) is -0.349. The van der Waals surface area contributed by atoms with Gasteiger partial charge in [-0.3, -0.25) is 9.69 Å². The van der Waals surface area contributed by atoms with Gasteiger partial charge in [0.2, 0.25) is 0 Å². The molecule has 0 fully saturated rings. The highest BCUT2D eigenvalue weighted by Gasteiger charge is 2.11. The highest BCUT2D eigenvalue weighted by atomic mass is 16.3. The quantitative estimate of drug-likeness (QED) is 0.528. The number of amides is 1. The van der Waals surface area contributed by atoms with E-state index in [1.807, 2.05) is 19.9 Å². The molecule has 1 amide bonds. The number of aliphatic hydroxyl groups excluding tert-OH is 1. The Kier molecular flexibility index (Phi) is 9.00. The van der Waals surface area contributed by atoms with Crippen LogP contribution >= 0.6 is 0 Å². The Labute approximate surface area is 121 Å². The summed E-state index contributed by atoms with van der Waals surface area (Å²) in [6.45, 7) is 10.8. The SMILES string of the molecule is C=C/C=C\C(=C/C)N(C=C)C(=O)/C=C(\C)CC(N)CO. The third kappa shape index (κ3) is 6.31. The van der Waals surface area contributed by atoms with E-state index in [1.165, 1.54) is 17.2 Å². The predicted octanol–water partition coefficient (Wildman–Crippen LogP) is 2.26. The molecule has 0 saturated heterocycles. The van der Waals surface area contributed by atoms with Crippen molar-refractivity contribution in [2.75, 3.05) is 6.61 Å². The summed E-state index contributed by atoms with van der Waals surface area (Å²) >= 11 is 0. The summed E-state index contributed by atoms with van der Waals surface area (Å²) in [5.74, 6) is -0.204. The summed E-state index contributed by atoms with van der Waals surface area (Å²) in [4.78, 5) is 13.6. The lowest BCUT2D eigenvalue weighted by molar-refractivity contribution is -0.122. The molecule has 0 saturated carbocycles. The number of hydrogen-bond acceptors (Lipinski definition) is 3. The van der Waals surface area contributed by atoms with E-state index >= 15 is 0 Å². The van der Waals surface area contributed by atoms with Crippen LogP contribution in [-0.2, 0) is 4.79 Å². The van der Waals surface area contributed by atoms with Crippen molar-refractivity contribution in [2.24, 2.45) is 5.73 Å². The largest absolute Gasteiger partial charge is 0.395 e. The van der Waals surface area contributed by atoms with Crippen LogP contribution in [0.1, 0.15) is 20.3 Å². The molecule has 0 aromatic rings. The highest BCUT2D eigenvalue weighted by Crippen LogP contribution is 2.11. The summed E-state index contributed by atoms with van der Waals surface area (Å²) in [6.07, 6.45) is 10.4. The molecule has 1 unspecified atom stereocenters. The Balaban J connectivity index is 5.02. The fourth-order valence-corrected chi connectivity index (χ4v) is 1.62. The van der Waals surface area contributed by atoms with E-state index in [2.05, 4.69) is 13.2 Å². The first-order valence-electron chi connectivity index (χ1n) is 6.44. The van der Waals surface area contributed by atoms with Crippen molar-refractivity contribution in [2.45, 2.75) is 26.3 Å². The van der Waals surface area contributed by atoms with Gasteiger partial charge in [0.1, 0.15) is 0 Å². The fraction of sp³-hybridized carbons (Fsp3) is 0.312. The van der Waals surface area contributed by atoms with Gasteiger partial charge in [-0.05, 0) is 26.3 Å². The maximum absolute atomic E-state index is 12.2. The Morgan fingerprint density at radius 1 is 1.45 bits per heavy atom. The minimum absolute atomic E-state index is 0.104. The molecule has 0 heterocycles. The van der Waals surface area contributed by atoms with Crippen molar-refractivity contribution in [1.82, 2.24) is 4.90 Å². The van der Waals surface area contributed by atoms with Gasteiger partial charge in [0, 0.05) is 24.0 Å². The third-order valence-corrected chi connectivity index (χ3v) is 2.59. The Morgan fingerprint density at radius 3 is 2.55 bits per heavy atom. The molecule has 0 bridgehead atoms. The summed E-state index contributed by atoms with van der Waals surface area (Å²) < 4.78 is 0. The van der Waals surface area contributed by atoms with E-state index in [4.69, 9.17) is 10.8 Å². The van der Waals surface area contributed by atoms with Gasteiger partial charge in [0.15, 0.2) is 0 Å². The molecule has 3 N–H and O–H groups in total. The molecule has 20 heavy (non-hydrogen) atoms. The van der Waals surface area contributed by atoms with Gasteiger partial charge in [0.25, 0.3) is 5.91 Å². The molecule has 0 aromatic carbocycles. The molecular formula is C16H24N2O2. The van der Waals surface area contributed by atoms with E-state index in [0.717, 1.165) is 5.57 Å². The topological polar surface area (TPSA) is 66.6 Å². The highest BCUT2D eigenvalue weighted by molar-refractivity contribution is 5.90. The molecule has 0 aliphatic heterocycles. The first-order valence-corrected chi connectivity index (χ1v) is 6.44. The van der Waals surface area contributed by atoms with Crippen LogP contribution < -0.4 is 5.73 Å². The number of carbonyl (C=O) groups is 1. The first-order chi connectivity index (χ1) is 9.49. The molecule has 1 atom stereocenters. The van der Waals surface area contributed by atoms with Crippen LogP contribution in [0.3, 0.4) is 0 Å².